The molecular formula is C30H33BrN11O2P. The third kappa shape index (κ3) is 6.34. The van der Waals surface area contributed by atoms with Gasteiger partial charge < -0.3 is 30.9 Å². The molecule has 0 saturated carbocycles. The van der Waals surface area contributed by atoms with Crippen LogP contribution in [0.2, 0.25) is 0 Å². The molecule has 2 amide bonds. The van der Waals surface area contributed by atoms with Gasteiger partial charge in [-0.15, -0.1) is 0 Å². The number of nitrogens with one attached hydrogen (secondary N) is 2. The number of halogens is 1. The average molecular weight is 691 g/mol. The zero-order valence-corrected chi connectivity index (χ0v) is 27.8. The second-order valence-electron chi connectivity index (χ2n) is 10.7. The van der Waals surface area contributed by atoms with Gasteiger partial charge in [0, 0.05) is 91.9 Å². The second kappa shape index (κ2) is 12.8. The summed E-state index contributed by atoms with van der Waals surface area (Å²) < 4.78 is 8.33. The van der Waals surface area contributed by atoms with E-state index < -0.39 is 14.0 Å². The van der Waals surface area contributed by atoms with Crippen molar-refractivity contribution in [2.75, 3.05) is 62.2 Å². The Morgan fingerprint density at radius 1 is 1.02 bits per heavy atom. The number of amides is 2. The van der Waals surface area contributed by atoms with Crippen LogP contribution in [-0.4, -0.2) is 87.3 Å². The van der Waals surface area contributed by atoms with Gasteiger partial charge in [-0.1, -0.05) is 7.92 Å². The first-order chi connectivity index (χ1) is 21.7. The van der Waals surface area contributed by atoms with Gasteiger partial charge in [-0.3, -0.25) is 14.6 Å². The number of nitrogens with zero attached hydrogens (tertiary/aromatic N) is 8. The van der Waals surface area contributed by atoms with E-state index in [0.29, 0.717) is 53.9 Å². The van der Waals surface area contributed by atoms with Crippen molar-refractivity contribution in [2.45, 2.75) is 0 Å². The Kier molecular flexibility index (Phi) is 8.68. The SMILES string of the molecule is COc1cc(N2CCN(C(N)=O)CC2)c(-c2cnn(C)c2)cc1Nc1ncc(Br)c(Nc2ccc3nccnc3c2P(C)C)n1. The molecule has 4 heterocycles. The smallest absolute Gasteiger partial charge is 0.314 e. The maximum absolute atomic E-state index is 11.7. The lowest BCUT2D eigenvalue weighted by Gasteiger charge is -2.36. The number of primary amides is 1. The van der Waals surface area contributed by atoms with Crippen LogP contribution >= 0.6 is 23.9 Å². The van der Waals surface area contributed by atoms with Gasteiger partial charge in [0.05, 0.1) is 34.5 Å². The van der Waals surface area contributed by atoms with E-state index in [4.69, 9.17) is 15.5 Å². The van der Waals surface area contributed by atoms with Gasteiger partial charge in [0.2, 0.25) is 5.95 Å². The molecule has 1 aliphatic rings. The molecule has 6 rings (SSSR count). The number of nitrogens with two attached hydrogens (primary N) is 1. The molecule has 45 heavy (non-hydrogen) atoms. The van der Waals surface area contributed by atoms with Gasteiger partial charge in [0.15, 0.2) is 0 Å². The number of carbonyl (C=O) groups excluding carboxylic acids is 1. The summed E-state index contributed by atoms with van der Waals surface area (Å²) in [5.74, 6) is 1.61. The van der Waals surface area contributed by atoms with Crippen LogP contribution in [0.1, 0.15) is 0 Å². The van der Waals surface area contributed by atoms with Gasteiger partial charge in [-0.25, -0.2) is 9.78 Å². The second-order valence-corrected chi connectivity index (χ2v) is 13.8. The quantitative estimate of drug-likeness (QED) is 0.196. The van der Waals surface area contributed by atoms with Crippen molar-refractivity contribution in [3.63, 3.8) is 0 Å². The predicted octanol–water partition coefficient (Wildman–Crippen LogP) is 4.65. The molecule has 0 unspecified atom stereocenters. The molecule has 1 fully saturated rings. The van der Waals surface area contributed by atoms with Crippen LogP contribution in [0, 0.1) is 0 Å². The maximum atomic E-state index is 11.7. The van der Waals surface area contributed by atoms with Crippen molar-refractivity contribution < 1.29 is 9.53 Å². The van der Waals surface area contributed by atoms with E-state index in [2.05, 4.69) is 64.8 Å². The highest BCUT2D eigenvalue weighted by molar-refractivity contribution is 9.10. The Balaban J connectivity index is 1.35. The summed E-state index contributed by atoms with van der Waals surface area (Å²) in [6.07, 6.45) is 8.93. The molecule has 0 bridgehead atoms. The van der Waals surface area contributed by atoms with Gasteiger partial charge in [-0.2, -0.15) is 10.1 Å². The Bertz CT molecular complexity index is 1870. The van der Waals surface area contributed by atoms with E-state index in [1.54, 1.807) is 35.3 Å². The molecule has 0 spiro atoms. The van der Waals surface area contributed by atoms with E-state index in [1.165, 1.54) is 0 Å². The lowest BCUT2D eigenvalue weighted by atomic mass is 10.0. The molecule has 1 aliphatic heterocycles. The number of ether oxygens (including phenoxy) is 1. The zero-order valence-electron chi connectivity index (χ0n) is 25.3. The number of piperazine rings is 1. The van der Waals surface area contributed by atoms with Crippen LogP contribution < -0.4 is 31.3 Å². The number of anilines is 5. The fourth-order valence-corrected chi connectivity index (χ4v) is 6.89. The fourth-order valence-electron chi connectivity index (χ4n) is 5.40. The van der Waals surface area contributed by atoms with E-state index >= 15 is 0 Å². The minimum absolute atomic E-state index is 0.386. The van der Waals surface area contributed by atoms with Gasteiger partial charge >= 0.3 is 6.03 Å². The van der Waals surface area contributed by atoms with Crippen LogP contribution in [0.15, 0.2) is 59.7 Å². The summed E-state index contributed by atoms with van der Waals surface area (Å²) in [6, 6.07) is 7.59. The number of hydrogen-bond donors (Lipinski definition) is 3. The molecule has 0 aliphatic carbocycles. The molecule has 2 aromatic carbocycles. The molecule has 13 nitrogen and oxygen atoms in total. The number of carbonyl (C=O) groups is 1. The number of hydrogen-bond acceptors (Lipinski definition) is 10. The topological polar surface area (TPSA) is 152 Å². The van der Waals surface area contributed by atoms with Crippen LogP contribution in [0.25, 0.3) is 22.2 Å². The maximum Gasteiger partial charge on any atom is 0.314 e. The minimum atomic E-state index is -0.507. The first-order valence-corrected chi connectivity index (χ1v) is 17.2. The fraction of sp³-hybridized carbons (Fsp3) is 0.267. The molecule has 3 aromatic heterocycles. The summed E-state index contributed by atoms with van der Waals surface area (Å²) in [6.45, 7) is 6.74. The number of rotatable bonds is 8. The van der Waals surface area contributed by atoms with Crippen LogP contribution in [0.4, 0.5) is 33.6 Å². The monoisotopic (exact) mass is 689 g/mol. The largest absolute Gasteiger partial charge is 0.494 e. The predicted molar refractivity (Wildman–Crippen MR) is 183 cm³/mol. The normalized spacial score (nSPS) is 13.4. The van der Waals surface area contributed by atoms with Crippen LogP contribution in [-0.2, 0) is 7.05 Å². The minimum Gasteiger partial charge on any atom is -0.494 e. The lowest BCUT2D eigenvalue weighted by molar-refractivity contribution is 0.204. The number of fused-ring (bicyclic) bond motifs is 1. The zero-order chi connectivity index (χ0) is 31.7. The lowest BCUT2D eigenvalue weighted by Crippen LogP contribution is -2.50. The molecule has 5 aromatic rings. The standard InChI is InChI=1S/C30H33BrN11O2P/c1-40-17-18(15-36-40)19-13-23(25(44-2)14-24(19)41-9-11-42(12-10-41)29(32)43)38-30-35-16-20(31)28(39-30)37-22-6-5-21-26(27(22)45(3)4)34-8-7-33-21/h5-8,13-17H,9-12H2,1-4H3,(H2,32,43)(H2,35,37,38,39). The molecule has 232 valence electrons. The van der Waals surface area contributed by atoms with Crippen molar-refractivity contribution in [1.82, 2.24) is 34.6 Å². The van der Waals surface area contributed by atoms with E-state index in [-0.39, 0.29) is 0 Å². The third-order valence-corrected chi connectivity index (χ3v) is 9.50. The molecule has 4 N–H and O–H groups in total. The highest BCUT2D eigenvalue weighted by Gasteiger charge is 2.24. The van der Waals surface area contributed by atoms with Gasteiger partial charge in [0.25, 0.3) is 0 Å². The number of benzene rings is 2. The first-order valence-electron chi connectivity index (χ1n) is 14.2. The van der Waals surface area contributed by atoms with E-state index in [1.807, 2.05) is 43.7 Å². The van der Waals surface area contributed by atoms with Gasteiger partial charge in [0.1, 0.15) is 11.6 Å². The highest BCUT2D eigenvalue weighted by atomic mass is 79.9. The molecule has 0 radical (unpaired) electrons. The number of aryl methyl sites for hydroxylation is 1. The molecular weight excluding hydrogens is 657 g/mol. The summed E-state index contributed by atoms with van der Waals surface area (Å²) in [4.78, 5) is 34.1. The van der Waals surface area contributed by atoms with Crippen molar-refractivity contribution in [3.8, 4) is 16.9 Å². The molecule has 0 atom stereocenters. The average Bonchev–Trinajstić information content (AvgIpc) is 3.48. The summed E-state index contributed by atoms with van der Waals surface area (Å²) in [5.41, 5.74) is 11.7. The van der Waals surface area contributed by atoms with Gasteiger partial charge in [-0.05, 0) is 47.5 Å². The summed E-state index contributed by atoms with van der Waals surface area (Å²) in [7, 11) is 3.01. The first kappa shape index (κ1) is 30.5. The third-order valence-electron chi connectivity index (χ3n) is 7.57. The Morgan fingerprint density at radius 2 is 1.80 bits per heavy atom. The van der Waals surface area contributed by atoms with E-state index in [0.717, 1.165) is 38.8 Å². The number of methoxy groups -OCH3 is 1. The van der Waals surface area contributed by atoms with E-state index in [9.17, 15) is 4.79 Å². The summed E-state index contributed by atoms with van der Waals surface area (Å²) >= 11 is 3.61. The van der Waals surface area contributed by atoms with Crippen molar-refractivity contribution >= 4 is 75.0 Å². The van der Waals surface area contributed by atoms with Crippen LogP contribution in [0.3, 0.4) is 0 Å². The number of urea groups is 1. The van der Waals surface area contributed by atoms with Crippen LogP contribution in [0.5, 0.6) is 5.75 Å². The van der Waals surface area contributed by atoms with Crippen molar-refractivity contribution in [1.29, 1.82) is 0 Å². The molecule has 1 saturated heterocycles. The number of aromatic nitrogens is 6. The Labute approximate surface area is 270 Å². The summed E-state index contributed by atoms with van der Waals surface area (Å²) in [5, 5.41) is 12.4. The van der Waals surface area contributed by atoms with Crippen molar-refractivity contribution in [3.05, 3.63) is 59.7 Å². The highest BCUT2D eigenvalue weighted by Crippen LogP contribution is 2.41. The van der Waals surface area contributed by atoms with Crippen molar-refractivity contribution in [2.24, 2.45) is 12.8 Å². The Morgan fingerprint density at radius 3 is 2.49 bits per heavy atom. The Hall–Kier alpha value is -4.55. The molecule has 15 heteroatoms.